The Kier molecular flexibility index (Phi) is 22.9. The number of carbonyl (C=O) groups is 2. The number of ether oxygens (including phenoxy) is 2. The fraction of sp³-hybridized carbons (Fsp3) is 0.394. The Bertz CT molecular complexity index is 4250. The van der Waals surface area contributed by atoms with E-state index in [9.17, 15) is 23.6 Å². The molecule has 94 heavy (non-hydrogen) atoms. The molecule has 4 atom stereocenters. The Hall–Kier alpha value is -8.65. The highest BCUT2D eigenvalue weighted by Gasteiger charge is 2.37. The van der Waals surface area contributed by atoms with Crippen LogP contribution in [0.5, 0.6) is 17.8 Å². The fourth-order valence-corrected chi connectivity index (χ4v) is 11.9. The first kappa shape index (κ1) is 71.2. The third kappa shape index (κ3) is 14.7. The minimum Gasteiger partial charge on any atom is -0.535 e. The Labute approximate surface area is 559 Å². The summed E-state index contributed by atoms with van der Waals surface area (Å²) in [5.74, 6) is -0.895. The van der Waals surface area contributed by atoms with Gasteiger partial charge >= 0.3 is 31.1 Å². The number of methoxy groups -OCH3 is 2. The lowest BCUT2D eigenvalue weighted by Crippen LogP contribution is -2.58. The van der Waals surface area contributed by atoms with Gasteiger partial charge in [-0.1, -0.05) is 128 Å². The summed E-state index contributed by atoms with van der Waals surface area (Å²) in [6.45, 7) is 32.5. The predicted octanol–water partition coefficient (Wildman–Crippen LogP) is 11.4. The summed E-state index contributed by atoms with van der Waals surface area (Å²) in [6, 6.07) is 15.1. The number of amides is 2. The summed E-state index contributed by atoms with van der Waals surface area (Å²) in [6.07, 6.45) is 2.62. The highest BCUT2D eigenvalue weighted by atomic mass is 35.5. The average molecular weight is 1350 g/mol. The molecule has 0 bridgehead atoms. The molecule has 2 aliphatic rings. The highest BCUT2D eigenvalue weighted by molar-refractivity contribution is 6.41. The van der Waals surface area contributed by atoms with Crippen molar-refractivity contribution in [1.29, 1.82) is 0 Å². The lowest BCUT2D eigenvalue weighted by Gasteiger charge is -2.44. The van der Waals surface area contributed by atoms with Crippen LogP contribution in [0.1, 0.15) is 130 Å². The number of aromatic nitrogens is 10. The normalized spacial score (nSPS) is 16.5. The smallest absolute Gasteiger partial charge is 0.535 e. The molecule has 0 aliphatic carbocycles. The van der Waals surface area contributed by atoms with E-state index in [1.54, 1.807) is 52.3 Å². The molecule has 22 nitrogen and oxygen atoms in total. The number of pyridine rings is 2. The maximum atomic E-state index is 15.1. The number of piperazine rings is 2. The van der Waals surface area contributed by atoms with Gasteiger partial charge < -0.3 is 38.8 Å². The van der Waals surface area contributed by atoms with Crippen molar-refractivity contribution in [3.05, 3.63) is 157 Å². The van der Waals surface area contributed by atoms with Crippen LogP contribution in [-0.2, 0) is 9.59 Å². The number of hydrogen-bond acceptors (Lipinski definition) is 18. The number of carbonyl (C=O) groups excluding carboxylic acids is 2. The number of halogens is 5. The summed E-state index contributed by atoms with van der Waals surface area (Å²) in [5, 5.41) is 9.66. The van der Waals surface area contributed by atoms with E-state index in [2.05, 4.69) is 52.7 Å². The van der Waals surface area contributed by atoms with Gasteiger partial charge in [0.2, 0.25) is 11.8 Å². The van der Waals surface area contributed by atoms with Gasteiger partial charge in [0.25, 0.3) is 0 Å². The molecule has 1 N–H and O–H groups in total. The highest BCUT2D eigenvalue weighted by Crippen LogP contribution is 2.40. The number of rotatable bonds is 15. The van der Waals surface area contributed by atoms with Crippen molar-refractivity contribution < 1.29 is 37.5 Å². The Morgan fingerprint density at radius 2 is 0.968 bits per heavy atom. The molecule has 495 valence electrons. The lowest BCUT2D eigenvalue weighted by atomic mass is 10.0. The Morgan fingerprint density at radius 1 is 0.574 bits per heavy atom. The molecule has 2 aromatic carbocycles. The van der Waals surface area contributed by atoms with Gasteiger partial charge in [-0.25, -0.2) is 37.5 Å². The van der Waals surface area contributed by atoms with Crippen LogP contribution in [0.15, 0.2) is 95.6 Å². The fourth-order valence-electron chi connectivity index (χ4n) is 11.3. The zero-order valence-corrected chi connectivity index (χ0v) is 57.1. The molecule has 1 radical (unpaired) electrons. The third-order valence-electron chi connectivity index (χ3n) is 16.0. The van der Waals surface area contributed by atoms with Crippen molar-refractivity contribution in [2.75, 3.05) is 50.2 Å². The Morgan fingerprint density at radius 3 is 1.35 bits per heavy atom. The van der Waals surface area contributed by atoms with Crippen molar-refractivity contribution in [3.63, 3.8) is 0 Å². The van der Waals surface area contributed by atoms with Gasteiger partial charge in [-0.05, 0) is 99.9 Å². The molecule has 2 aliphatic heterocycles. The molecule has 0 spiro atoms. The first-order valence-corrected chi connectivity index (χ1v) is 31.6. The van der Waals surface area contributed by atoms with Crippen molar-refractivity contribution in [2.24, 2.45) is 0 Å². The summed E-state index contributed by atoms with van der Waals surface area (Å²) in [4.78, 5) is 97.9. The second kappa shape index (κ2) is 30.2. The van der Waals surface area contributed by atoms with Crippen LogP contribution in [0.25, 0.3) is 44.7 Å². The summed E-state index contributed by atoms with van der Waals surface area (Å²) >= 11 is 19.7. The quantitative estimate of drug-likeness (QED) is 0.0570. The summed E-state index contributed by atoms with van der Waals surface area (Å²) < 4.78 is 45.7. The molecule has 6 aromatic heterocycles. The molecule has 2 amide bonds. The van der Waals surface area contributed by atoms with E-state index < -0.39 is 23.0 Å². The molecule has 8 heterocycles. The van der Waals surface area contributed by atoms with Gasteiger partial charge in [-0.15, -0.1) is 0 Å². The van der Waals surface area contributed by atoms with Gasteiger partial charge in [-0.2, -0.15) is 29.9 Å². The Balaban J connectivity index is 0.000000211. The van der Waals surface area contributed by atoms with E-state index in [0.29, 0.717) is 96.1 Å². The molecule has 28 heteroatoms. The number of para-hydroxylation sites is 1. The van der Waals surface area contributed by atoms with Crippen LogP contribution in [-0.4, -0.2) is 148 Å². The molecule has 8 aromatic rings. The van der Waals surface area contributed by atoms with Gasteiger partial charge in [-0.3, -0.25) is 9.59 Å². The molecule has 0 saturated carbocycles. The molecule has 2 fully saturated rings. The van der Waals surface area contributed by atoms with Crippen LogP contribution < -0.4 is 35.3 Å². The van der Waals surface area contributed by atoms with Gasteiger partial charge in [0.15, 0.2) is 17.1 Å². The van der Waals surface area contributed by atoms with E-state index in [0.717, 1.165) is 0 Å². The minimum atomic E-state index is -0.603. The van der Waals surface area contributed by atoms with E-state index in [1.807, 2.05) is 92.9 Å². The summed E-state index contributed by atoms with van der Waals surface area (Å²) in [5.41, 5.74) is 3.09. The van der Waals surface area contributed by atoms with E-state index in [4.69, 9.17) is 54.3 Å². The van der Waals surface area contributed by atoms with Crippen LogP contribution >= 0.6 is 34.8 Å². The maximum Gasteiger partial charge on any atom is 0.569 e. The van der Waals surface area contributed by atoms with Crippen LogP contribution in [0.4, 0.5) is 20.4 Å². The third-order valence-corrected chi connectivity index (χ3v) is 16.9. The van der Waals surface area contributed by atoms with Crippen LogP contribution in [0.3, 0.4) is 0 Å². The first-order valence-electron chi connectivity index (χ1n) is 30.5. The van der Waals surface area contributed by atoms with Gasteiger partial charge in [0.05, 0.1) is 74.9 Å². The molecule has 0 unspecified atom stereocenters. The maximum absolute atomic E-state index is 15.1. The number of nitrogens with zero attached hydrogens (tertiary/aromatic N) is 14. The zero-order valence-electron chi connectivity index (χ0n) is 54.8. The van der Waals surface area contributed by atoms with Crippen molar-refractivity contribution >= 4 is 88.0 Å². The standard InChI is InChI=1S/C33H37ClFN7O3.C27H33Cl2N7O3.C6H5BFO2/c1-9-25(43)40-15-20(7)41(16-19(40)6)30-22-14-23(34)28(21-12-10-11-13-24(21)35)36-31(22)42(33(44)39-30)29-26(17(2)3)37-32(45-8)38-27(29)18(4)5;1-9-19(37)34-11-16(7)35(12-15(34)6)24-17-10-18(28)23(29)32-25(17)36(27(38)33-24)22-20(13(2)3)30-26(39-8)31-21(22)14(4)5;8-5-3-1-2-4-6(5)10-7-9/h9-14,17-20H,1,15-16H2,2-8H3;9-10,13-16H,1,11-12H2,2-8H3;1-4,9H/t19-,20+;15-,16+;/m11./s1. The molecular formula is C66H75BCl3F2N14O8. The van der Waals surface area contributed by atoms with E-state index in [-0.39, 0.29) is 110 Å². The monoisotopic (exact) mass is 1350 g/mol. The molecular weight excluding hydrogens is 1270 g/mol. The topological polar surface area (TPSA) is 242 Å². The van der Waals surface area contributed by atoms with Gasteiger partial charge in [0, 0.05) is 55.9 Å². The van der Waals surface area contributed by atoms with Crippen LogP contribution in [0, 0.1) is 11.6 Å². The van der Waals surface area contributed by atoms with Crippen molar-refractivity contribution in [1.82, 2.24) is 58.8 Å². The number of benzene rings is 2. The number of fused-ring (bicyclic) bond motifs is 2. The number of hydrogen-bond donors (Lipinski definition) is 1. The zero-order chi connectivity index (χ0) is 68.9. The number of anilines is 2. The molecule has 2 saturated heterocycles. The molecule has 10 rings (SSSR count). The minimum absolute atomic E-state index is 0.0185. The summed E-state index contributed by atoms with van der Waals surface area (Å²) in [7, 11) is 3.45. The van der Waals surface area contributed by atoms with Crippen molar-refractivity contribution in [3.8, 4) is 40.4 Å². The lowest BCUT2D eigenvalue weighted by molar-refractivity contribution is -0.129. The second-order valence-electron chi connectivity index (χ2n) is 23.9. The van der Waals surface area contributed by atoms with Gasteiger partial charge in [0.1, 0.15) is 28.4 Å². The van der Waals surface area contributed by atoms with E-state index >= 15 is 4.39 Å². The average Bonchev–Trinajstić information content (AvgIpc) is 0.739. The van der Waals surface area contributed by atoms with E-state index in [1.165, 1.54) is 53.7 Å². The second-order valence-corrected chi connectivity index (χ2v) is 25.1. The SMILES string of the molecule is C=CC(=O)N1C[C@H](C)N(c2nc(=O)n(-c3c(C(C)C)nc(OC)nc3C(C)C)c3nc(-c4ccccc4F)c(Cl)cc23)C[C@H]1C.C=CC(=O)N1C[C@H](C)N(c2nc(=O)n(-c3c(C(C)C)nc(OC)nc3C(C)C)c3nc(Cl)c(Cl)cc23)C[C@H]1C.O[B]Oc1ccccc1F. The first-order chi connectivity index (χ1) is 44.6. The van der Waals surface area contributed by atoms with Crippen molar-refractivity contribution in [2.45, 2.75) is 131 Å². The predicted molar refractivity (Wildman–Crippen MR) is 363 cm³/mol. The van der Waals surface area contributed by atoms with Crippen LogP contribution in [0.2, 0.25) is 15.2 Å². The largest absolute Gasteiger partial charge is 0.569 e.